The average Bonchev–Trinajstić information content (AvgIpc) is 2.42. The molecule has 1 aliphatic heterocycles. The van der Waals surface area contributed by atoms with Crippen molar-refractivity contribution in [2.24, 2.45) is 0 Å². The van der Waals surface area contributed by atoms with Crippen LogP contribution in [0.3, 0.4) is 0 Å². The van der Waals surface area contributed by atoms with Crippen LogP contribution < -0.4 is 0 Å². The molecular formula is C9H16O3. The molecule has 1 N–H and O–H groups in total. The highest BCUT2D eigenvalue weighted by Crippen LogP contribution is 2.19. The lowest BCUT2D eigenvalue weighted by Crippen LogP contribution is -2.24. The summed E-state index contributed by atoms with van der Waals surface area (Å²) in [4.78, 5) is 0. The molecule has 1 rings (SSSR count). The summed E-state index contributed by atoms with van der Waals surface area (Å²) in [5.74, 6) is 0. The van der Waals surface area contributed by atoms with E-state index in [4.69, 9.17) is 14.6 Å². The van der Waals surface area contributed by atoms with Crippen molar-refractivity contribution in [1.29, 1.82) is 0 Å². The van der Waals surface area contributed by atoms with Gasteiger partial charge in [0.2, 0.25) is 0 Å². The van der Waals surface area contributed by atoms with Gasteiger partial charge in [0.1, 0.15) is 12.2 Å². The van der Waals surface area contributed by atoms with Crippen LogP contribution >= 0.6 is 0 Å². The van der Waals surface area contributed by atoms with Crippen LogP contribution in [0.5, 0.6) is 0 Å². The minimum atomic E-state index is -0.200. The molecule has 0 bridgehead atoms. The molecule has 0 radical (unpaired) electrons. The normalized spacial score (nSPS) is 36.4. The van der Waals surface area contributed by atoms with Crippen molar-refractivity contribution >= 4 is 0 Å². The second-order valence-electron chi connectivity index (χ2n) is 2.86. The van der Waals surface area contributed by atoms with Crippen LogP contribution in [0, 0.1) is 0 Å². The summed E-state index contributed by atoms with van der Waals surface area (Å²) in [6.45, 7) is 3.91. The summed E-state index contributed by atoms with van der Waals surface area (Å²) in [6.07, 6.45) is 4.48. The molecule has 0 spiro atoms. The van der Waals surface area contributed by atoms with E-state index in [2.05, 4.69) is 6.92 Å². The number of allylic oxidation sites excluding steroid dienone is 1. The molecule has 0 aliphatic carbocycles. The predicted octanol–water partition coefficient (Wildman–Crippen LogP) is 1.07. The van der Waals surface area contributed by atoms with Crippen molar-refractivity contribution in [2.75, 3.05) is 6.61 Å². The van der Waals surface area contributed by atoms with Crippen molar-refractivity contribution in [1.82, 2.24) is 0 Å². The number of hydrogen-bond donors (Lipinski definition) is 1. The first-order valence-electron chi connectivity index (χ1n) is 4.36. The molecule has 3 atom stereocenters. The lowest BCUT2D eigenvalue weighted by molar-refractivity contribution is -0.0535. The van der Waals surface area contributed by atoms with Gasteiger partial charge in [0.05, 0.1) is 6.61 Å². The van der Waals surface area contributed by atoms with Gasteiger partial charge in [-0.2, -0.15) is 0 Å². The fraction of sp³-hybridized carbons (Fsp3) is 0.778. The van der Waals surface area contributed by atoms with Crippen LogP contribution in [-0.4, -0.2) is 30.2 Å². The molecule has 3 heteroatoms. The van der Waals surface area contributed by atoms with E-state index < -0.39 is 0 Å². The van der Waals surface area contributed by atoms with Gasteiger partial charge < -0.3 is 14.6 Å². The van der Waals surface area contributed by atoms with Crippen molar-refractivity contribution in [2.45, 2.75) is 38.8 Å². The van der Waals surface area contributed by atoms with Crippen LogP contribution in [0.15, 0.2) is 12.2 Å². The summed E-state index contributed by atoms with van der Waals surface area (Å²) >= 11 is 0. The SMILES string of the molecule is CC/C=C/[C@@H]1O[C@H](C)O[C@@H]1CO. The van der Waals surface area contributed by atoms with Crippen LogP contribution in [0.2, 0.25) is 0 Å². The second-order valence-corrected chi connectivity index (χ2v) is 2.86. The zero-order valence-electron chi connectivity index (χ0n) is 7.56. The Morgan fingerprint density at radius 1 is 1.42 bits per heavy atom. The van der Waals surface area contributed by atoms with Gasteiger partial charge in [0.25, 0.3) is 0 Å². The molecule has 0 aromatic heterocycles. The third-order valence-electron chi connectivity index (χ3n) is 1.82. The molecular weight excluding hydrogens is 156 g/mol. The van der Waals surface area contributed by atoms with Gasteiger partial charge in [-0.3, -0.25) is 0 Å². The van der Waals surface area contributed by atoms with E-state index in [1.807, 2.05) is 19.1 Å². The molecule has 12 heavy (non-hydrogen) atoms. The summed E-state index contributed by atoms with van der Waals surface area (Å²) in [5, 5.41) is 8.91. The third kappa shape index (κ3) is 2.30. The number of aliphatic hydroxyl groups excluding tert-OH is 1. The minimum absolute atomic E-state index is 0.0169. The third-order valence-corrected chi connectivity index (χ3v) is 1.82. The van der Waals surface area contributed by atoms with Crippen LogP contribution in [0.4, 0.5) is 0 Å². The fourth-order valence-electron chi connectivity index (χ4n) is 1.25. The maximum atomic E-state index is 8.91. The molecule has 1 aliphatic rings. The average molecular weight is 172 g/mol. The summed E-state index contributed by atoms with van der Waals surface area (Å²) in [6, 6.07) is 0. The number of hydrogen-bond acceptors (Lipinski definition) is 3. The predicted molar refractivity (Wildman–Crippen MR) is 45.7 cm³/mol. The smallest absolute Gasteiger partial charge is 0.156 e. The van der Waals surface area contributed by atoms with Gasteiger partial charge in [-0.15, -0.1) is 0 Å². The van der Waals surface area contributed by atoms with E-state index in [1.165, 1.54) is 0 Å². The van der Waals surface area contributed by atoms with Gasteiger partial charge >= 0.3 is 0 Å². The fourth-order valence-corrected chi connectivity index (χ4v) is 1.25. The number of ether oxygens (including phenoxy) is 2. The molecule has 3 nitrogen and oxygen atoms in total. The quantitative estimate of drug-likeness (QED) is 0.647. The second kappa shape index (κ2) is 4.60. The highest BCUT2D eigenvalue weighted by atomic mass is 16.7. The highest BCUT2D eigenvalue weighted by Gasteiger charge is 2.30. The standard InChI is InChI=1S/C9H16O3/c1-3-4-5-8-9(6-10)12-7(2)11-8/h4-5,7-10H,3,6H2,1-2H3/b5-4+/t7-,8-,9+/m0/s1. The minimum Gasteiger partial charge on any atom is -0.394 e. The molecule has 70 valence electrons. The van der Waals surface area contributed by atoms with Crippen molar-refractivity contribution in [3.63, 3.8) is 0 Å². The van der Waals surface area contributed by atoms with Crippen molar-refractivity contribution in [3.8, 4) is 0 Å². The summed E-state index contributed by atoms with van der Waals surface area (Å²) in [5.41, 5.74) is 0. The zero-order valence-corrected chi connectivity index (χ0v) is 7.56. The van der Waals surface area contributed by atoms with Gasteiger partial charge in [-0.25, -0.2) is 0 Å². The summed E-state index contributed by atoms with van der Waals surface area (Å²) < 4.78 is 10.7. The van der Waals surface area contributed by atoms with Crippen LogP contribution in [-0.2, 0) is 9.47 Å². The maximum Gasteiger partial charge on any atom is 0.156 e. The first-order chi connectivity index (χ1) is 5.77. The van der Waals surface area contributed by atoms with E-state index >= 15 is 0 Å². The van der Waals surface area contributed by atoms with E-state index in [-0.39, 0.29) is 25.1 Å². The molecule has 0 amide bonds. The monoisotopic (exact) mass is 172 g/mol. The number of aliphatic hydroxyl groups is 1. The Bertz CT molecular complexity index is 156. The first-order valence-corrected chi connectivity index (χ1v) is 4.36. The highest BCUT2D eigenvalue weighted by molar-refractivity contribution is 4.95. The van der Waals surface area contributed by atoms with Gasteiger partial charge in [0.15, 0.2) is 6.29 Å². The topological polar surface area (TPSA) is 38.7 Å². The lowest BCUT2D eigenvalue weighted by Gasteiger charge is -2.08. The van der Waals surface area contributed by atoms with Crippen LogP contribution in [0.1, 0.15) is 20.3 Å². The molecule has 1 fully saturated rings. The Morgan fingerprint density at radius 2 is 2.17 bits per heavy atom. The first kappa shape index (κ1) is 9.71. The summed E-state index contributed by atoms with van der Waals surface area (Å²) in [7, 11) is 0. The van der Waals surface area contributed by atoms with E-state index in [0.717, 1.165) is 6.42 Å². The van der Waals surface area contributed by atoms with E-state index in [0.29, 0.717) is 0 Å². The molecule has 0 aromatic carbocycles. The van der Waals surface area contributed by atoms with Gasteiger partial charge in [-0.05, 0) is 13.3 Å². The van der Waals surface area contributed by atoms with Crippen LogP contribution in [0.25, 0.3) is 0 Å². The van der Waals surface area contributed by atoms with Crippen molar-refractivity contribution < 1.29 is 14.6 Å². The maximum absolute atomic E-state index is 8.91. The lowest BCUT2D eigenvalue weighted by atomic mass is 10.2. The van der Waals surface area contributed by atoms with Crippen molar-refractivity contribution in [3.05, 3.63) is 12.2 Å². The largest absolute Gasteiger partial charge is 0.394 e. The van der Waals surface area contributed by atoms with E-state index in [1.54, 1.807) is 0 Å². The Kier molecular flexibility index (Phi) is 3.72. The Morgan fingerprint density at radius 3 is 2.75 bits per heavy atom. The number of rotatable bonds is 3. The van der Waals surface area contributed by atoms with Gasteiger partial charge in [0, 0.05) is 0 Å². The Labute approximate surface area is 73.0 Å². The molecule has 1 saturated heterocycles. The molecule has 0 saturated carbocycles. The van der Waals surface area contributed by atoms with Gasteiger partial charge in [-0.1, -0.05) is 19.1 Å². The van der Waals surface area contributed by atoms with E-state index in [9.17, 15) is 0 Å². The molecule has 0 aromatic rings. The molecule has 0 unspecified atom stereocenters. The molecule has 1 heterocycles. The zero-order chi connectivity index (χ0) is 8.97. The Hall–Kier alpha value is -0.380. The Balaban J connectivity index is 2.45.